The van der Waals surface area contributed by atoms with Gasteiger partial charge in [-0.25, -0.2) is 14.2 Å². The largest absolute Gasteiger partial charge is 0.480 e. The van der Waals surface area contributed by atoms with E-state index in [2.05, 4.69) is 37.2 Å². The maximum Gasteiger partial charge on any atom is 0.423 e. The highest BCUT2D eigenvalue weighted by atomic mass is 19.4. The zero-order valence-electron chi connectivity index (χ0n) is 42.8. The van der Waals surface area contributed by atoms with E-state index in [1.807, 2.05) is 0 Å². The van der Waals surface area contributed by atoms with Gasteiger partial charge < -0.3 is 66.4 Å². The van der Waals surface area contributed by atoms with E-state index >= 15 is 4.39 Å². The predicted molar refractivity (Wildman–Crippen MR) is 269 cm³/mol. The Morgan fingerprint density at radius 1 is 0.900 bits per heavy atom. The van der Waals surface area contributed by atoms with Crippen molar-refractivity contribution < 1.29 is 80.4 Å². The van der Waals surface area contributed by atoms with E-state index in [0.717, 1.165) is 11.0 Å². The Kier molecular flexibility index (Phi) is 17.1. The van der Waals surface area contributed by atoms with Gasteiger partial charge in [-0.3, -0.25) is 43.2 Å². The number of aliphatic hydroxyl groups is 1. The standard InChI is InChI=1S/C52H54F4N10O14/c1-3-51(78)30-15-35-44-28(22-66(35)49(76)29(30)23-79-50(51)77)43-32(12-11-27-25(2)31(53)16-33(63-44)42(27)43)64-48(75)45(52(54,55)56)80-24-61-38(68)19-59-46(73)34(14-26-8-5-4-6-9-26)62-39(69)20-58-37(67)18-60-47(74)36(17-57-21-41(71)72)65-13-7-10-40(65)70/h4-10,15-16,32,34,36,45,57,78H,3,11-14,17-24H2,1-2H3,(H,58,67)(H,59,73)(H,60,74)(H,61,68)(H,62,69)(H,64,75)(H,71,72)/t32-,34-,36-,45+,51-/m0/s1. The first-order valence-corrected chi connectivity index (χ1v) is 25.1. The number of ether oxygens (including phenoxy) is 2. The summed E-state index contributed by atoms with van der Waals surface area (Å²) in [6.07, 6.45) is -6.02. The van der Waals surface area contributed by atoms with Gasteiger partial charge in [0.1, 0.15) is 31.2 Å². The molecule has 0 spiro atoms. The minimum atomic E-state index is -5.35. The average Bonchev–Trinajstić information content (AvgIpc) is 4.11. The first kappa shape index (κ1) is 57.5. The number of carboxylic acids is 1. The van der Waals surface area contributed by atoms with E-state index in [4.69, 9.17) is 19.6 Å². The molecule has 4 aliphatic rings. The van der Waals surface area contributed by atoms with Crippen LogP contribution >= 0.6 is 0 Å². The van der Waals surface area contributed by atoms with Crippen molar-refractivity contribution in [2.75, 3.05) is 46.0 Å². The average molecular weight is 1120 g/mol. The van der Waals surface area contributed by atoms with Crippen LogP contribution in [0.15, 0.2) is 59.4 Å². The third kappa shape index (κ3) is 12.1. The fourth-order valence-electron chi connectivity index (χ4n) is 10.0. The van der Waals surface area contributed by atoms with Crippen LogP contribution in [-0.4, -0.2) is 148 Å². The van der Waals surface area contributed by atoms with Crippen LogP contribution in [0.3, 0.4) is 0 Å². The molecule has 1 aliphatic carbocycles. The highest BCUT2D eigenvalue weighted by Gasteiger charge is 2.49. The molecular weight excluding hydrogens is 1060 g/mol. The molecule has 8 rings (SSSR count). The number of aliphatic carboxylic acids is 1. The van der Waals surface area contributed by atoms with Crippen LogP contribution in [0, 0.1) is 12.7 Å². The number of carbonyl (C=O) groups is 9. The molecule has 3 aliphatic heterocycles. The molecule has 0 saturated carbocycles. The van der Waals surface area contributed by atoms with Gasteiger partial charge >= 0.3 is 18.1 Å². The van der Waals surface area contributed by atoms with E-state index in [0.29, 0.717) is 22.1 Å². The number of nitrogens with one attached hydrogen (secondary N) is 7. The van der Waals surface area contributed by atoms with E-state index in [1.54, 1.807) is 30.3 Å². The van der Waals surface area contributed by atoms with Crippen LogP contribution in [0.25, 0.3) is 22.3 Å². The molecule has 28 heteroatoms. The Labute approximate surface area is 451 Å². The van der Waals surface area contributed by atoms with Gasteiger partial charge in [-0.15, -0.1) is 0 Å². The third-order valence-corrected chi connectivity index (χ3v) is 14.1. The number of cyclic esters (lactones) is 1. The van der Waals surface area contributed by atoms with Gasteiger partial charge in [0.2, 0.25) is 41.5 Å². The second-order valence-corrected chi connectivity index (χ2v) is 19.2. The summed E-state index contributed by atoms with van der Waals surface area (Å²) >= 11 is 0. The molecule has 0 bridgehead atoms. The Morgan fingerprint density at radius 2 is 1.60 bits per heavy atom. The molecule has 0 saturated heterocycles. The fourth-order valence-corrected chi connectivity index (χ4v) is 10.0. The summed E-state index contributed by atoms with van der Waals surface area (Å²) in [4.78, 5) is 135. The summed E-state index contributed by atoms with van der Waals surface area (Å²) in [5, 5.41) is 37.0. The minimum absolute atomic E-state index is 0.00516. The zero-order chi connectivity index (χ0) is 57.8. The maximum absolute atomic E-state index is 15.4. The van der Waals surface area contributed by atoms with Crippen molar-refractivity contribution in [3.05, 3.63) is 110 Å². The number of amides is 7. The second-order valence-electron chi connectivity index (χ2n) is 19.2. The van der Waals surface area contributed by atoms with Gasteiger partial charge in [-0.2, -0.15) is 13.2 Å². The van der Waals surface area contributed by atoms with Crippen molar-refractivity contribution in [1.82, 2.24) is 51.7 Å². The summed E-state index contributed by atoms with van der Waals surface area (Å²) in [6, 6.07) is 7.05. The molecule has 0 fully saturated rings. The Bertz CT molecular complexity index is 3300. The number of esters is 1. The van der Waals surface area contributed by atoms with Crippen LogP contribution in [0.5, 0.6) is 0 Å². The number of alkyl halides is 3. The van der Waals surface area contributed by atoms with Crippen molar-refractivity contribution in [2.45, 2.75) is 88.7 Å². The van der Waals surface area contributed by atoms with Crippen molar-refractivity contribution >= 4 is 64.2 Å². The Hall–Kier alpha value is -8.63. The summed E-state index contributed by atoms with van der Waals surface area (Å²) in [5.41, 5.74) is -0.616. The number of nitrogens with zero attached hydrogens (tertiary/aromatic N) is 3. The highest BCUT2D eigenvalue weighted by Crippen LogP contribution is 2.46. The second kappa shape index (κ2) is 23.8. The quantitative estimate of drug-likeness (QED) is 0.0232. The smallest absolute Gasteiger partial charge is 0.423 e. The van der Waals surface area contributed by atoms with E-state index in [9.17, 15) is 66.2 Å². The van der Waals surface area contributed by atoms with Gasteiger partial charge in [0.25, 0.3) is 11.5 Å². The number of hydrogen-bond acceptors (Lipinski definition) is 15. The first-order valence-electron chi connectivity index (χ1n) is 25.1. The van der Waals surface area contributed by atoms with Crippen LogP contribution in [0.4, 0.5) is 17.6 Å². The predicted octanol–water partition coefficient (Wildman–Crippen LogP) is -0.831. The van der Waals surface area contributed by atoms with Crippen LogP contribution in [-0.2, 0) is 84.2 Å². The fraction of sp³-hybridized carbons (Fsp3) is 0.404. The van der Waals surface area contributed by atoms with E-state index in [1.165, 1.54) is 36.6 Å². The molecule has 80 heavy (non-hydrogen) atoms. The normalized spacial score (nSPS) is 18.0. The molecule has 424 valence electrons. The highest BCUT2D eigenvalue weighted by molar-refractivity contribution is 5.97. The molecule has 5 heterocycles. The number of fused-ring (bicyclic) bond motifs is 5. The molecule has 9 N–H and O–H groups in total. The number of carbonyl (C=O) groups excluding carboxylic acids is 8. The van der Waals surface area contributed by atoms with Gasteiger partial charge in [-0.05, 0) is 54.5 Å². The molecule has 2 aromatic carbocycles. The SMILES string of the molecule is CC[C@@]1(O)C(=O)OCc2c1cc1n(c2=O)Cc2c-1nc1cc(F)c(C)c3c1c2[C@@H](NC(=O)[C@@H](OCNC(=O)CNC(=O)[C@H](Cc1ccccc1)NC(=O)CNC(=O)CNC(=O)[C@H](CNCC(=O)O)N1CC=CC1=O)C(F)(F)F)CC3. The molecule has 24 nitrogen and oxygen atoms in total. The molecule has 0 radical (unpaired) electrons. The summed E-state index contributed by atoms with van der Waals surface area (Å²) in [7, 11) is 0. The van der Waals surface area contributed by atoms with Gasteiger partial charge in [-0.1, -0.05) is 43.3 Å². The number of rotatable bonds is 22. The molecule has 7 amide bonds. The molecular formula is C52H54F4N10O14. The number of pyridine rings is 2. The number of halogens is 4. The van der Waals surface area contributed by atoms with Crippen LogP contribution < -0.4 is 42.8 Å². The molecule has 5 atom stereocenters. The van der Waals surface area contributed by atoms with E-state index in [-0.39, 0.29) is 84.5 Å². The number of aromatic nitrogens is 2. The maximum atomic E-state index is 15.4. The first-order chi connectivity index (χ1) is 38.0. The van der Waals surface area contributed by atoms with Gasteiger partial charge in [0, 0.05) is 48.2 Å². The lowest BCUT2D eigenvalue weighted by atomic mass is 9.81. The summed E-state index contributed by atoms with van der Waals surface area (Å²) < 4.78 is 70.8. The summed E-state index contributed by atoms with van der Waals surface area (Å²) in [6.45, 7) is -1.70. The topological polar surface area (TPSA) is 335 Å². The monoisotopic (exact) mass is 1120 g/mol. The van der Waals surface area contributed by atoms with Crippen molar-refractivity contribution in [1.29, 1.82) is 0 Å². The van der Waals surface area contributed by atoms with Gasteiger partial charge in [0.15, 0.2) is 5.60 Å². The molecule has 2 aromatic heterocycles. The van der Waals surface area contributed by atoms with E-state index < -0.39 is 140 Å². The van der Waals surface area contributed by atoms with Gasteiger partial charge in [0.05, 0.1) is 61.2 Å². The van der Waals surface area contributed by atoms with Crippen LogP contribution in [0.1, 0.15) is 64.8 Å². The lowest BCUT2D eigenvalue weighted by Gasteiger charge is -2.31. The molecule has 0 unspecified atom stereocenters. The Morgan fingerprint density at radius 3 is 2.27 bits per heavy atom. The number of aryl methyl sites for hydroxylation is 1. The number of benzene rings is 2. The molecule has 4 aromatic rings. The van der Waals surface area contributed by atoms with Crippen molar-refractivity contribution in [3.63, 3.8) is 0 Å². The Balaban J connectivity index is 0.884. The van der Waals surface area contributed by atoms with Crippen molar-refractivity contribution in [2.24, 2.45) is 0 Å². The lowest BCUT2D eigenvalue weighted by molar-refractivity contribution is -0.220. The lowest BCUT2D eigenvalue weighted by Crippen LogP contribution is -2.55. The number of hydrogen-bond donors (Lipinski definition) is 9. The minimum Gasteiger partial charge on any atom is -0.480 e. The number of carboxylic acid groups (broad SMARTS) is 1. The van der Waals surface area contributed by atoms with Crippen molar-refractivity contribution in [3.8, 4) is 11.4 Å². The zero-order valence-corrected chi connectivity index (χ0v) is 42.8. The van der Waals surface area contributed by atoms with Crippen LogP contribution in [0.2, 0.25) is 0 Å². The third-order valence-electron chi connectivity index (χ3n) is 14.1. The summed E-state index contributed by atoms with van der Waals surface area (Å²) in [5.74, 6) is -9.53.